The summed E-state index contributed by atoms with van der Waals surface area (Å²) in [6.07, 6.45) is 1.27. The maximum Gasteiger partial charge on any atom is 0.123 e. The summed E-state index contributed by atoms with van der Waals surface area (Å²) in [5.74, 6) is 1.04. The largest absolute Gasteiger partial charge is 0.488 e. The fourth-order valence-corrected chi connectivity index (χ4v) is 3.14. The van der Waals surface area contributed by atoms with E-state index in [0.29, 0.717) is 0 Å². The third kappa shape index (κ3) is 3.73. The first kappa shape index (κ1) is 14.3. The van der Waals surface area contributed by atoms with Gasteiger partial charge in [-0.3, -0.25) is 4.90 Å². The van der Waals surface area contributed by atoms with Crippen LogP contribution in [-0.2, 0) is 11.2 Å². The van der Waals surface area contributed by atoms with Gasteiger partial charge < -0.3 is 14.8 Å². The highest BCUT2D eigenvalue weighted by Gasteiger charge is 2.22. The van der Waals surface area contributed by atoms with Crippen LogP contribution in [0.2, 0.25) is 0 Å². The second-order valence-corrected chi connectivity index (χ2v) is 6.27. The van der Waals surface area contributed by atoms with Crippen molar-refractivity contribution in [3.05, 3.63) is 28.2 Å². The highest BCUT2D eigenvalue weighted by Crippen LogP contribution is 2.30. The molecular formula is C15H21BrN2O2. The van der Waals surface area contributed by atoms with Gasteiger partial charge in [-0.2, -0.15) is 0 Å². The minimum absolute atomic E-state index is 0.268. The summed E-state index contributed by atoms with van der Waals surface area (Å²) in [6, 6.07) is 6.24. The maximum atomic E-state index is 5.94. The highest BCUT2D eigenvalue weighted by molar-refractivity contribution is 9.10. The van der Waals surface area contributed by atoms with E-state index in [-0.39, 0.29) is 6.10 Å². The van der Waals surface area contributed by atoms with Gasteiger partial charge in [0.15, 0.2) is 0 Å². The van der Waals surface area contributed by atoms with Crippen molar-refractivity contribution < 1.29 is 9.47 Å². The molecule has 0 amide bonds. The number of hydrogen-bond donors (Lipinski definition) is 1. The van der Waals surface area contributed by atoms with E-state index in [9.17, 15) is 0 Å². The summed E-state index contributed by atoms with van der Waals surface area (Å²) in [6.45, 7) is 6.87. The van der Waals surface area contributed by atoms with Gasteiger partial charge in [-0.05, 0) is 23.8 Å². The summed E-state index contributed by atoms with van der Waals surface area (Å²) in [4.78, 5) is 2.44. The van der Waals surface area contributed by atoms with E-state index in [1.807, 2.05) is 12.1 Å². The van der Waals surface area contributed by atoms with Crippen LogP contribution in [0.3, 0.4) is 0 Å². The number of rotatable bonds is 5. The van der Waals surface area contributed by atoms with Crippen LogP contribution in [0.5, 0.6) is 5.75 Å². The molecule has 0 aromatic heterocycles. The van der Waals surface area contributed by atoms with Crippen LogP contribution in [0.25, 0.3) is 0 Å². The van der Waals surface area contributed by atoms with Crippen molar-refractivity contribution in [2.75, 3.05) is 45.9 Å². The van der Waals surface area contributed by atoms with E-state index >= 15 is 0 Å². The monoisotopic (exact) mass is 340 g/mol. The molecule has 110 valence electrons. The molecule has 3 rings (SSSR count). The molecule has 0 spiro atoms. The van der Waals surface area contributed by atoms with E-state index in [2.05, 4.69) is 32.2 Å². The van der Waals surface area contributed by atoms with Crippen LogP contribution in [-0.4, -0.2) is 56.9 Å². The van der Waals surface area contributed by atoms with Gasteiger partial charge in [0.25, 0.3) is 0 Å². The average Bonchev–Trinajstić information content (AvgIpc) is 2.86. The maximum absolute atomic E-state index is 5.94. The van der Waals surface area contributed by atoms with Crippen LogP contribution in [0.4, 0.5) is 0 Å². The summed E-state index contributed by atoms with van der Waals surface area (Å²) < 4.78 is 12.4. The van der Waals surface area contributed by atoms with Crippen molar-refractivity contribution in [1.82, 2.24) is 10.2 Å². The number of nitrogens with one attached hydrogen (secondary N) is 1. The Balaban J connectivity index is 1.36. The smallest absolute Gasteiger partial charge is 0.123 e. The van der Waals surface area contributed by atoms with E-state index in [1.54, 1.807) is 0 Å². The Labute approximate surface area is 128 Å². The van der Waals surface area contributed by atoms with Crippen molar-refractivity contribution >= 4 is 15.9 Å². The molecule has 1 N–H and O–H groups in total. The number of benzene rings is 1. The average molecular weight is 341 g/mol. The van der Waals surface area contributed by atoms with Crippen LogP contribution in [0, 0.1) is 0 Å². The minimum Gasteiger partial charge on any atom is -0.488 e. The first-order valence-electron chi connectivity index (χ1n) is 7.27. The zero-order valence-electron chi connectivity index (χ0n) is 11.6. The molecule has 2 aliphatic heterocycles. The number of ether oxygens (including phenoxy) is 2. The number of halogens is 1. The normalized spacial score (nSPS) is 22.6. The van der Waals surface area contributed by atoms with E-state index in [4.69, 9.17) is 9.47 Å². The number of morpholine rings is 1. The van der Waals surface area contributed by atoms with Gasteiger partial charge in [-0.25, -0.2) is 0 Å². The molecule has 5 heteroatoms. The van der Waals surface area contributed by atoms with Crippen LogP contribution in [0.1, 0.15) is 5.56 Å². The lowest BCUT2D eigenvalue weighted by Gasteiger charge is -2.26. The Bertz CT molecular complexity index is 449. The summed E-state index contributed by atoms with van der Waals surface area (Å²) in [5.41, 5.74) is 1.30. The van der Waals surface area contributed by atoms with Crippen molar-refractivity contribution in [3.63, 3.8) is 0 Å². The zero-order valence-corrected chi connectivity index (χ0v) is 13.2. The summed E-state index contributed by atoms with van der Waals surface area (Å²) >= 11 is 3.51. The Morgan fingerprint density at radius 3 is 3.00 bits per heavy atom. The van der Waals surface area contributed by atoms with Gasteiger partial charge >= 0.3 is 0 Å². The minimum atomic E-state index is 0.268. The molecule has 0 bridgehead atoms. The van der Waals surface area contributed by atoms with E-state index in [0.717, 1.165) is 62.6 Å². The molecule has 1 aromatic carbocycles. The molecule has 1 fully saturated rings. The first-order chi connectivity index (χ1) is 9.81. The molecule has 2 heterocycles. The SMILES string of the molecule is Brc1ccc2c(c1)CC(CNCCN1CCOCC1)O2. The Hall–Kier alpha value is -0.620. The molecule has 4 nitrogen and oxygen atoms in total. The van der Waals surface area contributed by atoms with E-state index < -0.39 is 0 Å². The third-order valence-electron chi connectivity index (χ3n) is 3.84. The molecule has 0 saturated carbocycles. The predicted molar refractivity (Wildman–Crippen MR) is 82.4 cm³/mol. The number of fused-ring (bicyclic) bond motifs is 1. The number of hydrogen-bond acceptors (Lipinski definition) is 4. The lowest BCUT2D eigenvalue weighted by molar-refractivity contribution is 0.0382. The third-order valence-corrected chi connectivity index (χ3v) is 4.34. The second-order valence-electron chi connectivity index (χ2n) is 5.35. The van der Waals surface area contributed by atoms with Crippen LogP contribution >= 0.6 is 15.9 Å². The van der Waals surface area contributed by atoms with Gasteiger partial charge in [0.05, 0.1) is 13.2 Å². The Morgan fingerprint density at radius 1 is 1.30 bits per heavy atom. The standard InChI is InChI=1S/C15H21BrN2O2/c16-13-1-2-15-12(9-13)10-14(20-15)11-17-3-4-18-5-7-19-8-6-18/h1-2,9,14,17H,3-8,10-11H2. The van der Waals surface area contributed by atoms with Gasteiger partial charge in [0.1, 0.15) is 11.9 Å². The van der Waals surface area contributed by atoms with Crippen LogP contribution in [0.15, 0.2) is 22.7 Å². The Morgan fingerprint density at radius 2 is 2.15 bits per heavy atom. The lowest BCUT2D eigenvalue weighted by atomic mass is 10.1. The fourth-order valence-electron chi connectivity index (χ4n) is 2.73. The molecule has 1 saturated heterocycles. The predicted octanol–water partition coefficient (Wildman–Crippen LogP) is 1.67. The lowest BCUT2D eigenvalue weighted by Crippen LogP contribution is -2.41. The fraction of sp³-hybridized carbons (Fsp3) is 0.600. The molecule has 1 aromatic rings. The zero-order chi connectivity index (χ0) is 13.8. The van der Waals surface area contributed by atoms with Crippen molar-refractivity contribution in [2.45, 2.75) is 12.5 Å². The highest BCUT2D eigenvalue weighted by atomic mass is 79.9. The van der Waals surface area contributed by atoms with Crippen molar-refractivity contribution in [3.8, 4) is 5.75 Å². The summed E-state index contributed by atoms with van der Waals surface area (Å²) in [5, 5.41) is 3.50. The number of nitrogens with zero attached hydrogens (tertiary/aromatic N) is 1. The Kier molecular flexibility index (Phi) is 4.94. The van der Waals surface area contributed by atoms with E-state index in [1.165, 1.54) is 5.56 Å². The molecule has 2 aliphatic rings. The van der Waals surface area contributed by atoms with Gasteiger partial charge in [-0.15, -0.1) is 0 Å². The molecular weight excluding hydrogens is 320 g/mol. The van der Waals surface area contributed by atoms with Gasteiger partial charge in [-0.1, -0.05) is 15.9 Å². The quantitative estimate of drug-likeness (QED) is 0.827. The molecule has 1 atom stereocenters. The molecule has 1 unspecified atom stereocenters. The first-order valence-corrected chi connectivity index (χ1v) is 8.06. The molecule has 0 aliphatic carbocycles. The van der Waals surface area contributed by atoms with Gasteiger partial charge in [0.2, 0.25) is 0 Å². The second kappa shape index (κ2) is 6.89. The summed E-state index contributed by atoms with van der Waals surface area (Å²) in [7, 11) is 0. The van der Waals surface area contributed by atoms with Gasteiger partial charge in [0, 0.05) is 43.6 Å². The topological polar surface area (TPSA) is 33.7 Å². The molecule has 0 radical (unpaired) electrons. The van der Waals surface area contributed by atoms with Crippen molar-refractivity contribution in [2.24, 2.45) is 0 Å². The van der Waals surface area contributed by atoms with Crippen molar-refractivity contribution in [1.29, 1.82) is 0 Å². The molecule has 20 heavy (non-hydrogen) atoms. The van der Waals surface area contributed by atoms with Crippen LogP contribution < -0.4 is 10.1 Å².